The Labute approximate surface area is 202 Å². The summed E-state index contributed by atoms with van der Waals surface area (Å²) in [5.41, 5.74) is 0.837. The molecule has 0 saturated carbocycles. The van der Waals surface area contributed by atoms with E-state index in [1.165, 1.54) is 36.6 Å². The van der Waals surface area contributed by atoms with Gasteiger partial charge in [-0.2, -0.15) is 5.10 Å². The van der Waals surface area contributed by atoms with Crippen molar-refractivity contribution in [3.05, 3.63) is 59.1 Å². The van der Waals surface area contributed by atoms with E-state index in [4.69, 9.17) is 18.9 Å². The molecular formula is C24H29BrN4O4. The van der Waals surface area contributed by atoms with E-state index in [1.807, 2.05) is 36.4 Å². The van der Waals surface area contributed by atoms with Crippen LogP contribution in [0.25, 0.3) is 0 Å². The molecule has 0 aliphatic heterocycles. The van der Waals surface area contributed by atoms with Crippen molar-refractivity contribution in [1.29, 1.82) is 0 Å². The molecule has 0 fully saturated rings. The number of methoxy groups -OCH3 is 1. The maximum Gasteiger partial charge on any atom is 0.175 e. The summed E-state index contributed by atoms with van der Waals surface area (Å²) >= 11 is 3.54. The Morgan fingerprint density at radius 1 is 0.909 bits per heavy atom. The maximum absolute atomic E-state index is 5.90. The van der Waals surface area contributed by atoms with Gasteiger partial charge in [0.2, 0.25) is 0 Å². The van der Waals surface area contributed by atoms with E-state index < -0.39 is 0 Å². The molecule has 0 amide bonds. The van der Waals surface area contributed by atoms with E-state index in [-0.39, 0.29) is 0 Å². The second kappa shape index (κ2) is 13.5. The van der Waals surface area contributed by atoms with E-state index in [9.17, 15) is 0 Å². The number of ether oxygens (including phenoxy) is 4. The zero-order valence-electron chi connectivity index (χ0n) is 18.9. The van der Waals surface area contributed by atoms with Gasteiger partial charge in [-0.25, -0.2) is 4.68 Å². The van der Waals surface area contributed by atoms with E-state index >= 15 is 0 Å². The van der Waals surface area contributed by atoms with Gasteiger partial charge in [0, 0.05) is 0 Å². The lowest BCUT2D eigenvalue weighted by atomic mass is 10.2. The highest BCUT2D eigenvalue weighted by atomic mass is 79.9. The molecule has 0 atom stereocenters. The first kappa shape index (κ1) is 24.6. The normalized spacial score (nSPS) is 11.0. The fraction of sp³-hybridized carbons (Fsp3) is 0.375. The molecule has 0 bridgehead atoms. The number of unbranched alkanes of at least 4 members (excludes halogenated alkanes) is 3. The molecule has 3 rings (SSSR count). The molecule has 0 saturated heterocycles. The van der Waals surface area contributed by atoms with Crippen molar-refractivity contribution in [3.8, 4) is 23.0 Å². The molecule has 3 aromatic rings. The predicted molar refractivity (Wildman–Crippen MR) is 131 cm³/mol. The lowest BCUT2D eigenvalue weighted by Crippen LogP contribution is -2.10. The number of hydrogen-bond donors (Lipinski definition) is 0. The quantitative estimate of drug-likeness (QED) is 0.212. The van der Waals surface area contributed by atoms with Crippen LogP contribution in [0.4, 0.5) is 0 Å². The highest BCUT2D eigenvalue weighted by molar-refractivity contribution is 9.10. The first-order valence-corrected chi connectivity index (χ1v) is 11.7. The van der Waals surface area contributed by atoms with Crippen LogP contribution in [0, 0.1) is 0 Å². The number of hydrogen-bond acceptors (Lipinski definition) is 7. The standard InChI is InChI=1S/C24H29BrN4O4/c1-3-4-5-6-11-31-20-7-9-21(10-8-20)32-12-13-33-24-22(25)14-19(15-23(24)30-2)16-28-29-17-26-27-18-29/h7-10,14-18H,3-6,11-13H2,1-2H3/b28-16+. The second-order valence-corrected chi connectivity index (χ2v) is 8.05. The van der Waals surface area contributed by atoms with Crippen LogP contribution in [0.1, 0.15) is 38.2 Å². The zero-order chi connectivity index (χ0) is 23.3. The summed E-state index contributed by atoms with van der Waals surface area (Å²) in [6.45, 7) is 3.70. The summed E-state index contributed by atoms with van der Waals surface area (Å²) in [7, 11) is 1.60. The van der Waals surface area contributed by atoms with Crippen molar-refractivity contribution in [3.63, 3.8) is 0 Å². The molecule has 0 N–H and O–H groups in total. The molecule has 176 valence electrons. The van der Waals surface area contributed by atoms with Crippen LogP contribution in [0.15, 0.2) is 58.6 Å². The molecule has 0 aliphatic carbocycles. The topological polar surface area (TPSA) is 80.0 Å². The van der Waals surface area contributed by atoms with Crippen molar-refractivity contribution in [2.24, 2.45) is 5.10 Å². The molecule has 2 aromatic carbocycles. The maximum atomic E-state index is 5.90. The zero-order valence-corrected chi connectivity index (χ0v) is 20.5. The highest BCUT2D eigenvalue weighted by Crippen LogP contribution is 2.36. The molecule has 1 heterocycles. The number of aromatic nitrogens is 3. The Morgan fingerprint density at radius 2 is 1.58 bits per heavy atom. The summed E-state index contributed by atoms with van der Waals surface area (Å²) < 4.78 is 25.2. The molecule has 0 radical (unpaired) electrons. The number of rotatable bonds is 14. The van der Waals surface area contributed by atoms with Crippen LogP contribution in [0.2, 0.25) is 0 Å². The van der Waals surface area contributed by atoms with Gasteiger partial charge in [-0.15, -0.1) is 10.2 Å². The van der Waals surface area contributed by atoms with Gasteiger partial charge in [0.1, 0.15) is 37.4 Å². The van der Waals surface area contributed by atoms with Gasteiger partial charge in [0.25, 0.3) is 0 Å². The fourth-order valence-corrected chi connectivity index (χ4v) is 3.57. The van der Waals surface area contributed by atoms with Crippen LogP contribution >= 0.6 is 15.9 Å². The van der Waals surface area contributed by atoms with Gasteiger partial charge >= 0.3 is 0 Å². The SMILES string of the molecule is CCCCCCOc1ccc(OCCOc2c(Br)cc(/C=N/n3cnnc3)cc2OC)cc1. The first-order valence-electron chi connectivity index (χ1n) is 10.9. The average Bonchev–Trinajstić information content (AvgIpc) is 3.35. The van der Waals surface area contributed by atoms with Crippen LogP contribution in [-0.4, -0.2) is 48.0 Å². The number of benzene rings is 2. The molecule has 9 heteroatoms. The van der Waals surface area contributed by atoms with E-state index in [0.29, 0.717) is 24.7 Å². The van der Waals surface area contributed by atoms with Gasteiger partial charge in [-0.1, -0.05) is 26.2 Å². The lowest BCUT2D eigenvalue weighted by Gasteiger charge is -2.14. The minimum atomic E-state index is 0.360. The molecule has 8 nitrogen and oxygen atoms in total. The van der Waals surface area contributed by atoms with Crippen LogP contribution < -0.4 is 18.9 Å². The van der Waals surface area contributed by atoms with Crippen molar-refractivity contribution in [1.82, 2.24) is 14.9 Å². The molecule has 0 spiro atoms. The smallest absolute Gasteiger partial charge is 0.175 e. The third-order valence-electron chi connectivity index (χ3n) is 4.69. The Bertz CT molecular complexity index is 994. The van der Waals surface area contributed by atoms with Crippen LogP contribution in [0.5, 0.6) is 23.0 Å². The molecule has 0 aliphatic rings. The summed E-state index contributed by atoms with van der Waals surface area (Å²) in [6.07, 6.45) is 9.47. The number of halogens is 1. The molecular weight excluding hydrogens is 488 g/mol. The lowest BCUT2D eigenvalue weighted by molar-refractivity contribution is 0.210. The van der Waals surface area contributed by atoms with E-state index in [0.717, 1.165) is 34.6 Å². The second-order valence-electron chi connectivity index (χ2n) is 7.20. The minimum absolute atomic E-state index is 0.360. The van der Waals surface area contributed by atoms with Crippen molar-refractivity contribution in [2.45, 2.75) is 32.6 Å². The van der Waals surface area contributed by atoms with Crippen molar-refractivity contribution >= 4 is 22.1 Å². The van der Waals surface area contributed by atoms with Gasteiger partial charge < -0.3 is 18.9 Å². The van der Waals surface area contributed by atoms with Gasteiger partial charge in [-0.05, 0) is 64.3 Å². The van der Waals surface area contributed by atoms with Gasteiger partial charge in [0.15, 0.2) is 11.5 Å². The third kappa shape index (κ3) is 8.09. The Kier molecular flexibility index (Phi) is 10.0. The highest BCUT2D eigenvalue weighted by Gasteiger charge is 2.11. The Balaban J connectivity index is 1.46. The van der Waals surface area contributed by atoms with Crippen LogP contribution in [0.3, 0.4) is 0 Å². The van der Waals surface area contributed by atoms with Gasteiger partial charge in [-0.3, -0.25) is 0 Å². The van der Waals surface area contributed by atoms with E-state index in [1.54, 1.807) is 13.3 Å². The minimum Gasteiger partial charge on any atom is -0.494 e. The van der Waals surface area contributed by atoms with Crippen molar-refractivity contribution in [2.75, 3.05) is 26.9 Å². The van der Waals surface area contributed by atoms with E-state index in [2.05, 4.69) is 38.2 Å². The summed E-state index contributed by atoms with van der Waals surface area (Å²) in [5.74, 6) is 2.82. The Morgan fingerprint density at radius 3 is 2.24 bits per heavy atom. The summed E-state index contributed by atoms with van der Waals surface area (Å²) in [5, 5.41) is 11.7. The van der Waals surface area contributed by atoms with Crippen molar-refractivity contribution < 1.29 is 18.9 Å². The predicted octanol–water partition coefficient (Wildman–Crippen LogP) is 5.35. The fourth-order valence-electron chi connectivity index (χ4n) is 3.00. The number of nitrogens with zero attached hydrogens (tertiary/aromatic N) is 4. The van der Waals surface area contributed by atoms with Crippen LogP contribution in [-0.2, 0) is 0 Å². The third-order valence-corrected chi connectivity index (χ3v) is 5.28. The molecule has 1 aromatic heterocycles. The average molecular weight is 517 g/mol. The largest absolute Gasteiger partial charge is 0.494 e. The monoisotopic (exact) mass is 516 g/mol. The molecule has 0 unspecified atom stereocenters. The summed E-state index contributed by atoms with van der Waals surface area (Å²) in [6, 6.07) is 11.4. The Hall–Kier alpha value is -3.07. The summed E-state index contributed by atoms with van der Waals surface area (Å²) in [4.78, 5) is 0. The molecule has 33 heavy (non-hydrogen) atoms. The van der Waals surface area contributed by atoms with Gasteiger partial charge in [0.05, 0.1) is 24.4 Å². The first-order chi connectivity index (χ1) is 16.2.